The molecule has 150 valence electrons. The van der Waals surface area contributed by atoms with E-state index in [0.717, 1.165) is 28.2 Å². The molecule has 0 saturated heterocycles. The SMILES string of the molecule is CC(C)(C)OC(=O)N1CCc2c(c(-c3cccc(N)c3)nn2-c2ccccc2)C1. The van der Waals surface area contributed by atoms with Gasteiger partial charge < -0.3 is 15.4 Å². The Morgan fingerprint density at radius 1 is 1.10 bits per heavy atom. The average molecular weight is 390 g/mol. The summed E-state index contributed by atoms with van der Waals surface area (Å²) in [6.07, 6.45) is 0.410. The maximum absolute atomic E-state index is 12.7. The number of anilines is 1. The van der Waals surface area contributed by atoms with Crippen molar-refractivity contribution in [3.05, 3.63) is 65.9 Å². The highest BCUT2D eigenvalue weighted by Crippen LogP contribution is 2.33. The molecule has 0 spiro atoms. The zero-order valence-corrected chi connectivity index (χ0v) is 17.1. The first-order valence-electron chi connectivity index (χ1n) is 9.82. The van der Waals surface area contributed by atoms with E-state index in [-0.39, 0.29) is 6.09 Å². The number of aromatic nitrogens is 2. The van der Waals surface area contributed by atoms with E-state index >= 15 is 0 Å². The largest absolute Gasteiger partial charge is 0.444 e. The van der Waals surface area contributed by atoms with Gasteiger partial charge in [0.05, 0.1) is 23.6 Å². The van der Waals surface area contributed by atoms with Crippen molar-refractivity contribution in [1.29, 1.82) is 0 Å². The molecule has 0 saturated carbocycles. The van der Waals surface area contributed by atoms with E-state index < -0.39 is 5.60 Å². The molecule has 3 aromatic rings. The molecule has 0 bridgehead atoms. The molecule has 1 amide bonds. The molecule has 6 nitrogen and oxygen atoms in total. The van der Waals surface area contributed by atoms with Gasteiger partial charge in [0, 0.05) is 29.8 Å². The molecule has 4 rings (SSSR count). The minimum atomic E-state index is -0.526. The summed E-state index contributed by atoms with van der Waals surface area (Å²) in [5, 5.41) is 4.92. The van der Waals surface area contributed by atoms with Crippen LogP contribution in [0.3, 0.4) is 0 Å². The second kappa shape index (κ2) is 7.28. The number of rotatable bonds is 2. The van der Waals surface area contributed by atoms with Crippen molar-refractivity contribution < 1.29 is 9.53 Å². The van der Waals surface area contributed by atoms with Gasteiger partial charge in [0.1, 0.15) is 5.60 Å². The predicted octanol–water partition coefficient (Wildman–Crippen LogP) is 4.41. The fourth-order valence-corrected chi connectivity index (χ4v) is 3.60. The summed E-state index contributed by atoms with van der Waals surface area (Å²) in [4.78, 5) is 14.4. The number of carbonyl (C=O) groups is 1. The van der Waals surface area contributed by atoms with Gasteiger partial charge in [-0.15, -0.1) is 0 Å². The van der Waals surface area contributed by atoms with Crippen LogP contribution in [-0.2, 0) is 17.7 Å². The zero-order valence-electron chi connectivity index (χ0n) is 17.1. The molecule has 1 aliphatic heterocycles. The topological polar surface area (TPSA) is 73.4 Å². The van der Waals surface area contributed by atoms with Crippen molar-refractivity contribution in [3.8, 4) is 16.9 Å². The highest BCUT2D eigenvalue weighted by Gasteiger charge is 2.31. The number of hydrogen-bond acceptors (Lipinski definition) is 4. The van der Waals surface area contributed by atoms with Crippen molar-refractivity contribution in [2.75, 3.05) is 12.3 Å². The van der Waals surface area contributed by atoms with Gasteiger partial charge in [0.2, 0.25) is 0 Å². The van der Waals surface area contributed by atoms with Crippen molar-refractivity contribution in [2.24, 2.45) is 0 Å². The van der Waals surface area contributed by atoms with E-state index in [9.17, 15) is 4.79 Å². The molecule has 0 fully saturated rings. The molecule has 2 heterocycles. The molecule has 0 atom stereocenters. The van der Waals surface area contributed by atoms with Crippen LogP contribution in [-0.4, -0.2) is 32.9 Å². The lowest BCUT2D eigenvalue weighted by atomic mass is 10.0. The molecule has 0 aliphatic carbocycles. The number of para-hydroxylation sites is 1. The Labute approximate surface area is 170 Å². The lowest BCUT2D eigenvalue weighted by Crippen LogP contribution is -2.40. The average Bonchev–Trinajstić information content (AvgIpc) is 3.06. The normalized spacial score (nSPS) is 13.8. The molecular weight excluding hydrogens is 364 g/mol. The summed E-state index contributed by atoms with van der Waals surface area (Å²) in [6, 6.07) is 17.8. The van der Waals surface area contributed by atoms with Crippen LogP contribution in [0.15, 0.2) is 54.6 Å². The minimum absolute atomic E-state index is 0.297. The fraction of sp³-hybridized carbons (Fsp3) is 0.304. The first-order valence-corrected chi connectivity index (χ1v) is 9.82. The molecule has 1 aliphatic rings. The van der Waals surface area contributed by atoms with Gasteiger partial charge in [-0.25, -0.2) is 9.48 Å². The monoisotopic (exact) mass is 390 g/mol. The molecule has 2 N–H and O–H groups in total. The molecule has 29 heavy (non-hydrogen) atoms. The summed E-state index contributed by atoms with van der Waals surface area (Å²) >= 11 is 0. The summed E-state index contributed by atoms with van der Waals surface area (Å²) < 4.78 is 7.57. The number of benzene rings is 2. The predicted molar refractivity (Wildman–Crippen MR) is 114 cm³/mol. The van der Waals surface area contributed by atoms with Gasteiger partial charge >= 0.3 is 6.09 Å². The third-order valence-corrected chi connectivity index (χ3v) is 4.87. The number of amides is 1. The van der Waals surface area contributed by atoms with Crippen molar-refractivity contribution in [3.63, 3.8) is 0 Å². The smallest absolute Gasteiger partial charge is 0.410 e. The number of nitrogens with two attached hydrogens (primary N) is 1. The van der Waals surface area contributed by atoms with Crippen LogP contribution < -0.4 is 5.73 Å². The van der Waals surface area contributed by atoms with E-state index in [0.29, 0.717) is 25.2 Å². The minimum Gasteiger partial charge on any atom is -0.444 e. The molecular formula is C23H26N4O2. The summed E-state index contributed by atoms with van der Waals surface area (Å²) in [5.41, 5.74) is 11.1. The number of ether oxygens (including phenoxy) is 1. The van der Waals surface area contributed by atoms with Crippen LogP contribution in [0.1, 0.15) is 32.0 Å². The summed E-state index contributed by atoms with van der Waals surface area (Å²) in [7, 11) is 0. The molecule has 0 radical (unpaired) electrons. The van der Waals surface area contributed by atoms with E-state index in [1.165, 1.54) is 0 Å². The van der Waals surface area contributed by atoms with Crippen LogP contribution in [0.25, 0.3) is 16.9 Å². The first kappa shape index (κ1) is 19.1. The Morgan fingerprint density at radius 3 is 2.55 bits per heavy atom. The molecule has 6 heteroatoms. The molecule has 1 aromatic heterocycles. The van der Waals surface area contributed by atoms with Crippen molar-refractivity contribution in [1.82, 2.24) is 14.7 Å². The number of hydrogen-bond donors (Lipinski definition) is 1. The number of carbonyl (C=O) groups excluding carboxylic acids is 1. The zero-order chi connectivity index (χ0) is 20.6. The van der Waals surface area contributed by atoms with Crippen molar-refractivity contribution in [2.45, 2.75) is 39.3 Å². The van der Waals surface area contributed by atoms with Crippen LogP contribution in [0.2, 0.25) is 0 Å². The molecule has 2 aromatic carbocycles. The van der Waals surface area contributed by atoms with Gasteiger partial charge in [-0.05, 0) is 45.0 Å². The highest BCUT2D eigenvalue weighted by molar-refractivity contribution is 5.72. The highest BCUT2D eigenvalue weighted by atomic mass is 16.6. The van der Waals surface area contributed by atoms with Crippen LogP contribution in [0.5, 0.6) is 0 Å². The van der Waals surface area contributed by atoms with Crippen LogP contribution in [0, 0.1) is 0 Å². The summed E-state index contributed by atoms with van der Waals surface area (Å²) in [5.74, 6) is 0. The van der Waals surface area contributed by atoms with Gasteiger partial charge in [-0.3, -0.25) is 0 Å². The van der Waals surface area contributed by atoms with E-state index in [4.69, 9.17) is 15.6 Å². The van der Waals surface area contributed by atoms with E-state index in [1.54, 1.807) is 4.90 Å². The number of nitrogens with zero attached hydrogens (tertiary/aromatic N) is 3. The Kier molecular flexibility index (Phi) is 4.78. The van der Waals surface area contributed by atoms with Gasteiger partial charge in [0.25, 0.3) is 0 Å². The summed E-state index contributed by atoms with van der Waals surface area (Å²) in [6.45, 7) is 6.70. The second-order valence-corrected chi connectivity index (χ2v) is 8.30. The van der Waals surface area contributed by atoms with Crippen molar-refractivity contribution >= 4 is 11.8 Å². The van der Waals surface area contributed by atoms with E-state index in [2.05, 4.69) is 0 Å². The second-order valence-electron chi connectivity index (χ2n) is 8.30. The van der Waals surface area contributed by atoms with Gasteiger partial charge in [-0.2, -0.15) is 5.10 Å². The Balaban J connectivity index is 1.77. The lowest BCUT2D eigenvalue weighted by Gasteiger charge is -2.30. The van der Waals surface area contributed by atoms with Gasteiger partial charge in [-0.1, -0.05) is 30.3 Å². The Hall–Kier alpha value is -3.28. The quantitative estimate of drug-likeness (QED) is 0.658. The third kappa shape index (κ3) is 3.97. The number of fused-ring (bicyclic) bond motifs is 1. The Morgan fingerprint density at radius 2 is 1.86 bits per heavy atom. The third-order valence-electron chi connectivity index (χ3n) is 4.87. The maximum atomic E-state index is 12.7. The van der Waals surface area contributed by atoms with Crippen LogP contribution in [0.4, 0.5) is 10.5 Å². The van der Waals surface area contributed by atoms with Crippen LogP contribution >= 0.6 is 0 Å². The van der Waals surface area contributed by atoms with Gasteiger partial charge in [0.15, 0.2) is 0 Å². The van der Waals surface area contributed by atoms with E-state index in [1.807, 2.05) is 80.1 Å². The lowest BCUT2D eigenvalue weighted by molar-refractivity contribution is 0.0223. The fourth-order valence-electron chi connectivity index (χ4n) is 3.60. The molecule has 0 unspecified atom stereocenters. The standard InChI is InChI=1S/C23H26N4O2/c1-23(2,3)29-22(28)26-13-12-20-19(15-26)21(16-8-7-9-17(24)14-16)25-27(20)18-10-5-4-6-11-18/h4-11,14H,12-13,15,24H2,1-3H3. The maximum Gasteiger partial charge on any atom is 0.410 e. The Bertz CT molecular complexity index is 1030. The number of nitrogen functional groups attached to an aromatic ring is 1. The first-order chi connectivity index (χ1) is 13.8.